The van der Waals surface area contributed by atoms with Crippen molar-refractivity contribution < 1.29 is 4.74 Å². The van der Waals surface area contributed by atoms with Gasteiger partial charge < -0.3 is 4.74 Å². The first-order valence-corrected chi connectivity index (χ1v) is 6.80. The summed E-state index contributed by atoms with van der Waals surface area (Å²) in [7, 11) is 0. The van der Waals surface area contributed by atoms with Crippen LogP contribution < -0.4 is 0 Å². The van der Waals surface area contributed by atoms with Gasteiger partial charge in [0.25, 0.3) is 0 Å². The van der Waals surface area contributed by atoms with Crippen molar-refractivity contribution in [3.05, 3.63) is 30.1 Å². The Hall–Kier alpha value is -0.970. The van der Waals surface area contributed by atoms with Gasteiger partial charge in [-0.05, 0) is 24.6 Å². The number of hydrogen-bond donors (Lipinski definition) is 0. The normalized spacial score (nSPS) is 18.1. The summed E-state index contributed by atoms with van der Waals surface area (Å²) in [6.07, 6.45) is 3.74. The van der Waals surface area contributed by atoms with Gasteiger partial charge in [0.15, 0.2) is 0 Å². The third kappa shape index (κ3) is 4.37. The Balaban J connectivity index is 1.67. The van der Waals surface area contributed by atoms with Crippen LogP contribution in [0.15, 0.2) is 24.5 Å². The number of ether oxygens (including phenoxy) is 1. The van der Waals surface area contributed by atoms with Gasteiger partial charge in [-0.15, -0.1) is 0 Å². The van der Waals surface area contributed by atoms with Crippen LogP contribution in [0.2, 0.25) is 0 Å². The lowest BCUT2D eigenvalue weighted by molar-refractivity contribution is 0.0786. The summed E-state index contributed by atoms with van der Waals surface area (Å²) in [6, 6.07) is 4.20. The average molecular weight is 249 g/mol. The molecule has 0 radical (unpaired) electrons. The van der Waals surface area contributed by atoms with Crippen LogP contribution in [0.3, 0.4) is 0 Å². The predicted molar refractivity (Wildman–Crippen MR) is 72.4 cm³/mol. The fourth-order valence-corrected chi connectivity index (χ4v) is 2.26. The van der Waals surface area contributed by atoms with Crippen LogP contribution in [-0.4, -0.2) is 60.7 Å². The molecule has 1 aromatic rings. The van der Waals surface area contributed by atoms with Crippen molar-refractivity contribution in [2.24, 2.45) is 0 Å². The largest absolute Gasteiger partial charge is 0.380 e. The van der Waals surface area contributed by atoms with Gasteiger partial charge >= 0.3 is 0 Å². The van der Waals surface area contributed by atoms with Crippen molar-refractivity contribution in [1.82, 2.24) is 14.8 Å². The molecule has 0 unspecified atom stereocenters. The van der Waals surface area contributed by atoms with E-state index in [-0.39, 0.29) is 0 Å². The minimum absolute atomic E-state index is 0.821. The molecule has 0 spiro atoms. The van der Waals surface area contributed by atoms with Crippen LogP contribution in [-0.2, 0) is 11.3 Å². The molecule has 0 bridgehead atoms. The zero-order valence-corrected chi connectivity index (χ0v) is 11.2. The zero-order chi connectivity index (χ0) is 12.6. The summed E-state index contributed by atoms with van der Waals surface area (Å²) in [6.45, 7) is 10.4. The highest BCUT2D eigenvalue weighted by Gasteiger charge is 2.16. The first kappa shape index (κ1) is 13.5. The first-order valence-electron chi connectivity index (χ1n) is 6.80. The van der Waals surface area contributed by atoms with E-state index in [0.29, 0.717) is 0 Å². The van der Waals surface area contributed by atoms with Crippen molar-refractivity contribution >= 4 is 0 Å². The molecular weight excluding hydrogens is 226 g/mol. The molecule has 18 heavy (non-hydrogen) atoms. The third-order valence-electron chi connectivity index (χ3n) is 3.38. The first-order chi connectivity index (χ1) is 8.88. The second kappa shape index (κ2) is 7.46. The monoisotopic (exact) mass is 249 g/mol. The lowest BCUT2D eigenvalue weighted by atomic mass is 10.2. The third-order valence-corrected chi connectivity index (χ3v) is 3.38. The summed E-state index contributed by atoms with van der Waals surface area (Å²) in [4.78, 5) is 9.04. The van der Waals surface area contributed by atoms with Gasteiger partial charge in [0, 0.05) is 58.3 Å². The van der Waals surface area contributed by atoms with Gasteiger partial charge in [0.2, 0.25) is 0 Å². The maximum atomic E-state index is 5.40. The van der Waals surface area contributed by atoms with Crippen LogP contribution in [0.5, 0.6) is 0 Å². The molecule has 1 aliphatic heterocycles. The zero-order valence-electron chi connectivity index (χ0n) is 11.2. The van der Waals surface area contributed by atoms with E-state index in [1.165, 1.54) is 5.56 Å². The van der Waals surface area contributed by atoms with Gasteiger partial charge in [0.05, 0.1) is 6.61 Å². The van der Waals surface area contributed by atoms with Crippen LogP contribution in [0.25, 0.3) is 0 Å². The van der Waals surface area contributed by atoms with E-state index in [1.54, 1.807) is 0 Å². The Morgan fingerprint density at radius 2 is 1.78 bits per heavy atom. The molecule has 0 N–H and O–H groups in total. The summed E-state index contributed by atoms with van der Waals surface area (Å²) in [5.74, 6) is 0. The lowest BCUT2D eigenvalue weighted by Gasteiger charge is -2.34. The number of hydrogen-bond acceptors (Lipinski definition) is 4. The van der Waals surface area contributed by atoms with Crippen molar-refractivity contribution in [3.8, 4) is 0 Å². The molecule has 1 fully saturated rings. The van der Waals surface area contributed by atoms with Crippen LogP contribution in [0.1, 0.15) is 12.5 Å². The standard InChI is InChI=1S/C14H23N3O/c1-2-18-12-11-16-7-9-17(10-8-16)13-14-3-5-15-6-4-14/h3-6H,2,7-13H2,1H3. The molecule has 4 heteroatoms. The molecule has 2 rings (SSSR count). The molecule has 0 atom stereocenters. The molecular formula is C14H23N3O. The van der Waals surface area contributed by atoms with Gasteiger partial charge in [-0.2, -0.15) is 0 Å². The molecule has 1 saturated heterocycles. The van der Waals surface area contributed by atoms with E-state index < -0.39 is 0 Å². The Bertz CT molecular complexity index is 323. The summed E-state index contributed by atoms with van der Waals surface area (Å²) in [5, 5.41) is 0. The average Bonchev–Trinajstić information content (AvgIpc) is 2.42. The second-order valence-electron chi connectivity index (χ2n) is 4.67. The molecule has 0 amide bonds. The SMILES string of the molecule is CCOCCN1CCN(Cc2ccncc2)CC1. The van der Waals surface area contributed by atoms with Crippen LogP contribution >= 0.6 is 0 Å². The molecule has 2 heterocycles. The molecule has 4 nitrogen and oxygen atoms in total. The Morgan fingerprint density at radius 3 is 2.44 bits per heavy atom. The summed E-state index contributed by atoms with van der Waals surface area (Å²) < 4.78 is 5.40. The van der Waals surface area contributed by atoms with E-state index in [9.17, 15) is 0 Å². The van der Waals surface area contributed by atoms with Crippen molar-refractivity contribution in [2.75, 3.05) is 45.9 Å². The van der Waals surface area contributed by atoms with Crippen molar-refractivity contribution in [3.63, 3.8) is 0 Å². The molecule has 100 valence electrons. The highest BCUT2D eigenvalue weighted by atomic mass is 16.5. The van der Waals surface area contributed by atoms with Crippen molar-refractivity contribution in [2.45, 2.75) is 13.5 Å². The van der Waals surface area contributed by atoms with Gasteiger partial charge in [0.1, 0.15) is 0 Å². The highest BCUT2D eigenvalue weighted by Crippen LogP contribution is 2.07. The fraction of sp³-hybridized carbons (Fsp3) is 0.643. The fourth-order valence-electron chi connectivity index (χ4n) is 2.26. The summed E-state index contributed by atoms with van der Waals surface area (Å²) in [5.41, 5.74) is 1.35. The van der Waals surface area contributed by atoms with Gasteiger partial charge in [-0.3, -0.25) is 14.8 Å². The van der Waals surface area contributed by atoms with E-state index >= 15 is 0 Å². The number of pyridine rings is 1. The maximum Gasteiger partial charge on any atom is 0.0593 e. The Morgan fingerprint density at radius 1 is 1.11 bits per heavy atom. The minimum Gasteiger partial charge on any atom is -0.380 e. The van der Waals surface area contributed by atoms with Crippen molar-refractivity contribution in [1.29, 1.82) is 0 Å². The van der Waals surface area contributed by atoms with Gasteiger partial charge in [-0.25, -0.2) is 0 Å². The number of piperazine rings is 1. The Labute approximate surface area is 110 Å². The van der Waals surface area contributed by atoms with Crippen LogP contribution in [0, 0.1) is 0 Å². The topological polar surface area (TPSA) is 28.6 Å². The molecule has 0 aromatic carbocycles. The maximum absolute atomic E-state index is 5.40. The quantitative estimate of drug-likeness (QED) is 0.709. The second-order valence-corrected chi connectivity index (χ2v) is 4.67. The Kier molecular flexibility index (Phi) is 5.58. The van der Waals surface area contributed by atoms with Gasteiger partial charge in [-0.1, -0.05) is 0 Å². The van der Waals surface area contributed by atoms with Crippen LogP contribution in [0.4, 0.5) is 0 Å². The summed E-state index contributed by atoms with van der Waals surface area (Å²) >= 11 is 0. The molecule has 1 aromatic heterocycles. The molecule has 1 aliphatic rings. The molecule has 0 saturated carbocycles. The number of rotatable bonds is 6. The van der Waals surface area contributed by atoms with E-state index in [0.717, 1.165) is 52.5 Å². The highest BCUT2D eigenvalue weighted by molar-refractivity contribution is 5.09. The van der Waals surface area contributed by atoms with E-state index in [2.05, 4.69) is 26.9 Å². The number of aromatic nitrogens is 1. The van der Waals surface area contributed by atoms with E-state index in [4.69, 9.17) is 4.74 Å². The minimum atomic E-state index is 0.821. The molecule has 0 aliphatic carbocycles. The lowest BCUT2D eigenvalue weighted by Crippen LogP contribution is -2.46. The predicted octanol–water partition coefficient (Wildman–Crippen LogP) is 1.24. The number of nitrogens with zero attached hydrogens (tertiary/aromatic N) is 3. The van der Waals surface area contributed by atoms with E-state index in [1.807, 2.05) is 19.3 Å². The smallest absolute Gasteiger partial charge is 0.0593 e.